The lowest BCUT2D eigenvalue weighted by Gasteiger charge is -2.02. The lowest BCUT2D eigenvalue weighted by molar-refractivity contribution is -0.642. The average Bonchev–Trinajstić information content (AvgIpc) is 2.64. The molecular weight excluding hydrogens is 242 g/mol. The van der Waals surface area contributed by atoms with Crippen molar-refractivity contribution in [3.8, 4) is 5.95 Å². The molecule has 0 aliphatic rings. The minimum Gasteiger partial charge on any atom is -0.594 e. The van der Waals surface area contributed by atoms with E-state index in [1.807, 2.05) is 0 Å². The Bertz CT molecular complexity index is 837. The monoisotopic (exact) mass is 250 g/mol. The molecule has 2 aromatic heterocycles. The third-order valence-electron chi connectivity index (χ3n) is 2.11. The van der Waals surface area contributed by atoms with Crippen LogP contribution >= 0.6 is 11.6 Å². The molecule has 1 aromatic carbocycles. The van der Waals surface area contributed by atoms with Crippen molar-refractivity contribution >= 4 is 22.6 Å². The zero-order valence-corrected chi connectivity index (χ0v) is 9.01. The van der Waals surface area contributed by atoms with Gasteiger partial charge in [0.05, 0.1) is 7.84 Å². The van der Waals surface area contributed by atoms with Gasteiger partial charge < -0.3 is 5.21 Å². The van der Waals surface area contributed by atoms with Gasteiger partial charge in [-0.25, -0.2) is 9.97 Å². The quantitative estimate of drug-likeness (QED) is 0.479. The van der Waals surface area contributed by atoms with E-state index in [0.29, 0.717) is 15.4 Å². The molecule has 3 rings (SSSR count). The van der Waals surface area contributed by atoms with Crippen molar-refractivity contribution in [3.05, 3.63) is 47.1 Å². The fourth-order valence-electron chi connectivity index (χ4n) is 1.37. The average molecular weight is 251 g/mol. The molecule has 0 amide bonds. The number of nitrogens with zero attached hydrogens (tertiary/aromatic N) is 5. The fraction of sp³-hybridized carbons (Fsp3) is 0. The predicted molar refractivity (Wildman–Crippen MR) is 60.6 cm³/mol. The Balaban J connectivity index is 2.30. The van der Waals surface area contributed by atoms with Crippen LogP contribution in [-0.4, -0.2) is 19.6 Å². The van der Waals surface area contributed by atoms with Crippen LogP contribution in [0.5, 0.6) is 0 Å². The number of fused-ring (bicyclic) bond motifs is 1. The molecule has 0 aliphatic carbocycles. The summed E-state index contributed by atoms with van der Waals surface area (Å²) in [5, 5.41) is 15.9. The van der Waals surface area contributed by atoms with Crippen LogP contribution in [-0.2, 0) is 0 Å². The Kier molecular flexibility index (Phi) is 1.55. The predicted octanol–water partition coefficient (Wildman–Crippen LogP) is 1.10. The molecule has 0 bridgehead atoms. The van der Waals surface area contributed by atoms with Gasteiger partial charge in [0.15, 0.2) is 0 Å². The van der Waals surface area contributed by atoms with E-state index in [0.717, 1.165) is 4.57 Å². The third-order valence-corrected chi connectivity index (χ3v) is 2.35. The largest absolute Gasteiger partial charge is 0.594 e. The van der Waals surface area contributed by atoms with E-state index in [9.17, 15) is 5.21 Å². The molecule has 0 radical (unpaired) electrons. The van der Waals surface area contributed by atoms with Gasteiger partial charge in [0, 0.05) is 23.4 Å². The summed E-state index contributed by atoms with van der Waals surface area (Å²) in [6.45, 7) is 0. The zero-order chi connectivity index (χ0) is 14.4. The van der Waals surface area contributed by atoms with E-state index in [4.69, 9.17) is 15.7 Å². The van der Waals surface area contributed by atoms with E-state index in [1.165, 1.54) is 12.1 Å². The van der Waals surface area contributed by atoms with Crippen molar-refractivity contribution in [2.24, 2.45) is 0 Å². The molecule has 0 fully saturated rings. The smallest absolute Gasteiger partial charge is 0.302 e. The third kappa shape index (κ3) is 1.68. The van der Waals surface area contributed by atoms with Crippen LogP contribution in [0.15, 0.2) is 36.8 Å². The normalized spacial score (nSPS) is 13.4. The van der Waals surface area contributed by atoms with Crippen molar-refractivity contribution in [3.63, 3.8) is 0 Å². The summed E-state index contributed by atoms with van der Waals surface area (Å²) < 4.78 is 23.5. The standard InChI is InChI=1S/C10H6ClN5O/c11-7-1-2-8-9(5-7)16(17)14-10(13-8)15-4-3-12-6-15/h1-6H/i3D,4D,6D. The topological polar surface area (TPSA) is 70.5 Å². The molecular formula is C10H6ClN5O. The van der Waals surface area contributed by atoms with Crippen LogP contribution in [0.2, 0.25) is 5.02 Å². The maximum Gasteiger partial charge on any atom is 0.302 e. The highest BCUT2D eigenvalue weighted by Crippen LogP contribution is 2.14. The van der Waals surface area contributed by atoms with Crippen LogP contribution in [0.1, 0.15) is 4.11 Å². The number of hydrogen-bond donors (Lipinski definition) is 0. The van der Waals surface area contributed by atoms with Crippen molar-refractivity contribution in [2.45, 2.75) is 0 Å². The number of imidazole rings is 1. The molecule has 0 saturated heterocycles. The Labute approximate surface area is 105 Å². The Morgan fingerprint density at radius 3 is 3.12 bits per heavy atom. The summed E-state index contributed by atoms with van der Waals surface area (Å²) in [7, 11) is 0. The molecule has 0 atom stereocenters. The maximum atomic E-state index is 11.9. The van der Waals surface area contributed by atoms with E-state index in [1.54, 1.807) is 6.07 Å². The molecule has 0 spiro atoms. The number of aromatic nitrogens is 5. The summed E-state index contributed by atoms with van der Waals surface area (Å²) in [4.78, 5) is 7.91. The van der Waals surface area contributed by atoms with Gasteiger partial charge in [-0.2, -0.15) is 0 Å². The first-order valence-electron chi connectivity index (χ1n) is 6.07. The van der Waals surface area contributed by atoms with E-state index < -0.39 is 0 Å². The van der Waals surface area contributed by atoms with Gasteiger partial charge >= 0.3 is 5.95 Å². The Hall–Kier alpha value is -2.21. The maximum absolute atomic E-state index is 11.9. The molecule has 0 aliphatic heterocycles. The van der Waals surface area contributed by atoms with Crippen molar-refractivity contribution in [1.29, 1.82) is 0 Å². The highest BCUT2D eigenvalue weighted by molar-refractivity contribution is 6.31. The van der Waals surface area contributed by atoms with Crippen LogP contribution in [0.4, 0.5) is 0 Å². The molecule has 0 saturated carbocycles. The molecule has 84 valence electrons. The highest BCUT2D eigenvalue weighted by Gasteiger charge is 2.12. The summed E-state index contributed by atoms with van der Waals surface area (Å²) in [5.74, 6) is -0.184. The highest BCUT2D eigenvalue weighted by atomic mass is 35.5. The number of hydrogen-bond acceptors (Lipinski definition) is 4. The minimum absolute atomic E-state index is 0.172. The second-order valence-corrected chi connectivity index (χ2v) is 3.63. The molecule has 0 unspecified atom stereocenters. The number of halogens is 1. The van der Waals surface area contributed by atoms with Gasteiger partial charge in [0.25, 0.3) is 5.52 Å². The molecule has 6 nitrogen and oxygen atoms in total. The lowest BCUT2D eigenvalue weighted by Crippen LogP contribution is -2.34. The van der Waals surface area contributed by atoms with Gasteiger partial charge in [-0.15, -0.1) is 0 Å². The van der Waals surface area contributed by atoms with Gasteiger partial charge in [0.2, 0.25) is 0 Å². The van der Waals surface area contributed by atoms with E-state index in [-0.39, 0.29) is 30.1 Å². The van der Waals surface area contributed by atoms with Crippen molar-refractivity contribution in [1.82, 2.24) is 19.6 Å². The molecule has 17 heavy (non-hydrogen) atoms. The first-order valence-corrected chi connectivity index (χ1v) is 4.95. The Morgan fingerprint density at radius 1 is 1.47 bits per heavy atom. The number of rotatable bonds is 1. The summed E-state index contributed by atoms with van der Waals surface area (Å²) in [6.07, 6.45) is -1.12. The molecule has 3 aromatic rings. The summed E-state index contributed by atoms with van der Waals surface area (Å²) in [5.41, 5.74) is 0.485. The molecule has 2 heterocycles. The van der Waals surface area contributed by atoms with Crippen molar-refractivity contribution in [2.75, 3.05) is 0 Å². The fourth-order valence-corrected chi connectivity index (χ4v) is 1.54. The van der Waals surface area contributed by atoms with Gasteiger partial charge in [0.1, 0.15) is 13.2 Å². The number of benzene rings is 1. The van der Waals surface area contributed by atoms with Gasteiger partial charge in [-0.1, -0.05) is 11.6 Å². The molecule has 0 N–H and O–H groups in total. The molecule has 7 heteroatoms. The Morgan fingerprint density at radius 2 is 2.35 bits per heavy atom. The van der Waals surface area contributed by atoms with Crippen LogP contribution in [0.25, 0.3) is 17.0 Å². The summed E-state index contributed by atoms with van der Waals surface area (Å²) >= 11 is 5.79. The SMILES string of the molecule is [2H]c1nc([2H])n(-c2nc3ccc(Cl)cc3[n+]([O-])n2)c1[2H]. The van der Waals surface area contributed by atoms with Gasteiger partial charge in [-0.3, -0.25) is 4.57 Å². The first kappa shape index (κ1) is 7.18. The lowest BCUT2D eigenvalue weighted by atomic mass is 10.3. The van der Waals surface area contributed by atoms with Crippen LogP contribution in [0.3, 0.4) is 0 Å². The van der Waals surface area contributed by atoms with Crippen LogP contribution in [0, 0.1) is 5.21 Å². The van der Waals surface area contributed by atoms with Crippen molar-refractivity contribution < 1.29 is 8.96 Å². The second kappa shape index (κ2) is 3.67. The minimum atomic E-state index is -0.382. The summed E-state index contributed by atoms with van der Waals surface area (Å²) in [6, 6.07) is 4.51. The van der Waals surface area contributed by atoms with E-state index in [2.05, 4.69) is 15.1 Å². The first-order chi connectivity index (χ1) is 9.47. The zero-order valence-electron chi connectivity index (χ0n) is 11.3. The van der Waals surface area contributed by atoms with Crippen LogP contribution < -0.4 is 4.85 Å². The van der Waals surface area contributed by atoms with Gasteiger partial charge in [-0.05, 0) is 17.0 Å². The van der Waals surface area contributed by atoms with E-state index >= 15 is 0 Å². The second-order valence-electron chi connectivity index (χ2n) is 3.19.